The van der Waals surface area contributed by atoms with Gasteiger partial charge in [0, 0.05) is 17.7 Å². The Morgan fingerprint density at radius 2 is 1.58 bits per heavy atom. The summed E-state index contributed by atoms with van der Waals surface area (Å²) >= 11 is 0. The average molecular weight is 269 g/mol. The van der Waals surface area contributed by atoms with Crippen molar-refractivity contribution in [1.82, 2.24) is 0 Å². The van der Waals surface area contributed by atoms with Crippen molar-refractivity contribution in [3.63, 3.8) is 0 Å². The predicted octanol–water partition coefficient (Wildman–Crippen LogP) is 1.28. The summed E-state index contributed by atoms with van der Waals surface area (Å²) in [6, 6.07) is 2.83. The minimum absolute atomic E-state index is 0.0579. The molecule has 1 atom stereocenters. The summed E-state index contributed by atoms with van der Waals surface area (Å²) in [5, 5.41) is 0. The summed E-state index contributed by atoms with van der Waals surface area (Å²) in [5.74, 6) is 1.21. The first-order valence-corrected chi connectivity index (χ1v) is 5.69. The summed E-state index contributed by atoms with van der Waals surface area (Å²) in [5.41, 5.74) is 6.64. The fourth-order valence-electron chi connectivity index (χ4n) is 1.72. The third kappa shape index (κ3) is 3.51. The van der Waals surface area contributed by atoms with E-state index < -0.39 is 6.04 Å². The number of nitrogens with two attached hydrogens (primary N) is 1. The summed E-state index contributed by atoms with van der Waals surface area (Å²) in [6.07, 6.45) is 0.0579. The molecule has 0 bridgehead atoms. The molecule has 0 saturated heterocycles. The van der Waals surface area contributed by atoms with Crippen LogP contribution in [0.4, 0.5) is 0 Å². The van der Waals surface area contributed by atoms with Crippen molar-refractivity contribution in [2.75, 3.05) is 28.4 Å². The topological polar surface area (TPSA) is 80.0 Å². The largest absolute Gasteiger partial charge is 0.496 e. The van der Waals surface area contributed by atoms with E-state index in [1.54, 1.807) is 12.1 Å². The van der Waals surface area contributed by atoms with Gasteiger partial charge in [-0.05, 0) is 6.07 Å². The third-order valence-corrected chi connectivity index (χ3v) is 2.75. The Balaban J connectivity index is 3.14. The lowest BCUT2D eigenvalue weighted by molar-refractivity contribution is -0.141. The molecule has 1 aromatic rings. The maximum Gasteiger partial charge on any atom is 0.307 e. The average Bonchev–Trinajstić information content (AvgIpc) is 2.45. The molecule has 0 amide bonds. The molecule has 0 fully saturated rings. The Morgan fingerprint density at radius 1 is 1.05 bits per heavy atom. The van der Waals surface area contributed by atoms with E-state index >= 15 is 0 Å². The molecular weight excluding hydrogens is 250 g/mol. The predicted molar refractivity (Wildman–Crippen MR) is 69.7 cm³/mol. The van der Waals surface area contributed by atoms with Gasteiger partial charge in [0.05, 0.1) is 34.9 Å². The second-order valence-electron chi connectivity index (χ2n) is 3.84. The van der Waals surface area contributed by atoms with Crippen LogP contribution in [0, 0.1) is 0 Å². The van der Waals surface area contributed by atoms with Gasteiger partial charge in [-0.3, -0.25) is 4.79 Å². The van der Waals surface area contributed by atoms with Crippen molar-refractivity contribution in [3.05, 3.63) is 17.7 Å². The number of hydrogen-bond acceptors (Lipinski definition) is 6. The van der Waals surface area contributed by atoms with E-state index in [1.807, 2.05) is 0 Å². The Morgan fingerprint density at radius 3 is 2.05 bits per heavy atom. The number of carbonyl (C=O) groups excluding carboxylic acids is 1. The zero-order valence-electron chi connectivity index (χ0n) is 11.6. The van der Waals surface area contributed by atoms with E-state index in [9.17, 15) is 4.79 Å². The maximum absolute atomic E-state index is 11.3. The maximum atomic E-state index is 11.3. The Labute approximate surface area is 112 Å². The first-order valence-electron chi connectivity index (χ1n) is 5.69. The number of methoxy groups -OCH3 is 4. The van der Waals surface area contributed by atoms with E-state index in [1.165, 1.54) is 28.4 Å². The second kappa shape index (κ2) is 6.84. The van der Waals surface area contributed by atoms with Crippen LogP contribution >= 0.6 is 0 Å². The van der Waals surface area contributed by atoms with Crippen molar-refractivity contribution < 1.29 is 23.7 Å². The molecule has 0 heterocycles. The molecule has 0 aliphatic rings. The molecule has 19 heavy (non-hydrogen) atoms. The Kier molecular flexibility index (Phi) is 5.44. The number of carbonyl (C=O) groups is 1. The molecule has 2 N–H and O–H groups in total. The van der Waals surface area contributed by atoms with E-state index in [4.69, 9.17) is 19.9 Å². The summed E-state index contributed by atoms with van der Waals surface area (Å²) in [4.78, 5) is 11.3. The number of rotatable bonds is 6. The van der Waals surface area contributed by atoms with Gasteiger partial charge in [-0.15, -0.1) is 0 Å². The van der Waals surface area contributed by atoms with E-state index in [0.29, 0.717) is 22.8 Å². The standard InChI is InChI=1S/C13H19NO5/c1-16-10-7-12(18-3)11(17-2)5-8(10)9(14)6-13(15)19-4/h5,7,9H,6,14H2,1-4H3/t9-/m1/s1. The molecule has 0 saturated carbocycles. The summed E-state index contributed by atoms with van der Waals surface area (Å²) < 4.78 is 20.2. The molecule has 0 unspecified atom stereocenters. The number of hydrogen-bond donors (Lipinski definition) is 1. The third-order valence-electron chi connectivity index (χ3n) is 2.75. The lowest BCUT2D eigenvalue weighted by Gasteiger charge is -2.17. The van der Waals surface area contributed by atoms with Crippen LogP contribution in [0.3, 0.4) is 0 Å². The highest BCUT2D eigenvalue weighted by Gasteiger charge is 2.19. The highest BCUT2D eigenvalue weighted by Crippen LogP contribution is 2.37. The minimum atomic E-state index is -0.540. The highest BCUT2D eigenvalue weighted by molar-refractivity contribution is 5.70. The molecule has 106 valence electrons. The molecule has 0 radical (unpaired) electrons. The van der Waals surface area contributed by atoms with E-state index in [2.05, 4.69) is 4.74 Å². The van der Waals surface area contributed by atoms with Crippen LogP contribution in [0.25, 0.3) is 0 Å². The van der Waals surface area contributed by atoms with Gasteiger partial charge in [0.2, 0.25) is 0 Å². The van der Waals surface area contributed by atoms with Gasteiger partial charge >= 0.3 is 5.97 Å². The fourth-order valence-corrected chi connectivity index (χ4v) is 1.72. The van der Waals surface area contributed by atoms with Crippen LogP contribution in [-0.2, 0) is 9.53 Å². The molecule has 0 aliphatic heterocycles. The number of ether oxygens (including phenoxy) is 4. The van der Waals surface area contributed by atoms with Crippen molar-refractivity contribution >= 4 is 5.97 Å². The van der Waals surface area contributed by atoms with E-state index in [0.717, 1.165) is 0 Å². The molecule has 0 spiro atoms. The van der Waals surface area contributed by atoms with Crippen LogP contribution in [-0.4, -0.2) is 34.4 Å². The molecule has 1 aromatic carbocycles. The SMILES string of the molecule is COC(=O)C[C@@H](N)c1cc(OC)c(OC)cc1OC. The molecule has 0 aromatic heterocycles. The van der Waals surface area contributed by atoms with E-state index in [-0.39, 0.29) is 12.4 Å². The van der Waals surface area contributed by atoms with Crippen LogP contribution in [0.1, 0.15) is 18.0 Å². The first-order chi connectivity index (χ1) is 9.07. The zero-order valence-corrected chi connectivity index (χ0v) is 11.6. The van der Waals surface area contributed by atoms with Crippen LogP contribution in [0.5, 0.6) is 17.2 Å². The summed E-state index contributed by atoms with van der Waals surface area (Å²) in [6.45, 7) is 0. The van der Waals surface area contributed by atoms with Crippen LogP contribution < -0.4 is 19.9 Å². The van der Waals surface area contributed by atoms with Crippen molar-refractivity contribution in [2.24, 2.45) is 5.73 Å². The lowest BCUT2D eigenvalue weighted by atomic mass is 10.0. The first kappa shape index (κ1) is 15.1. The molecule has 0 aliphatic carbocycles. The van der Waals surface area contributed by atoms with Crippen molar-refractivity contribution in [1.29, 1.82) is 0 Å². The smallest absolute Gasteiger partial charge is 0.307 e. The van der Waals surface area contributed by atoms with Gasteiger partial charge < -0.3 is 24.7 Å². The number of esters is 1. The Hall–Kier alpha value is -1.95. The zero-order chi connectivity index (χ0) is 14.4. The molecular formula is C13H19NO5. The van der Waals surface area contributed by atoms with Crippen LogP contribution in [0.2, 0.25) is 0 Å². The number of benzene rings is 1. The second-order valence-corrected chi connectivity index (χ2v) is 3.84. The molecule has 6 nitrogen and oxygen atoms in total. The normalized spacial score (nSPS) is 11.6. The van der Waals surface area contributed by atoms with Crippen LogP contribution in [0.15, 0.2) is 12.1 Å². The molecule has 6 heteroatoms. The van der Waals surface area contributed by atoms with Gasteiger partial charge in [0.25, 0.3) is 0 Å². The minimum Gasteiger partial charge on any atom is -0.496 e. The van der Waals surface area contributed by atoms with Gasteiger partial charge in [-0.25, -0.2) is 0 Å². The van der Waals surface area contributed by atoms with Crippen molar-refractivity contribution in [3.8, 4) is 17.2 Å². The molecule has 1 rings (SSSR count). The highest BCUT2D eigenvalue weighted by atomic mass is 16.5. The summed E-state index contributed by atoms with van der Waals surface area (Å²) in [7, 11) is 5.90. The Bertz CT molecular complexity index is 447. The van der Waals surface area contributed by atoms with Gasteiger partial charge in [0.1, 0.15) is 5.75 Å². The quantitative estimate of drug-likeness (QED) is 0.783. The van der Waals surface area contributed by atoms with Gasteiger partial charge in [0.15, 0.2) is 11.5 Å². The van der Waals surface area contributed by atoms with Crippen molar-refractivity contribution in [2.45, 2.75) is 12.5 Å². The lowest BCUT2D eigenvalue weighted by Crippen LogP contribution is -2.17. The monoisotopic (exact) mass is 269 g/mol. The fraction of sp³-hybridized carbons (Fsp3) is 0.462. The van der Waals surface area contributed by atoms with Gasteiger partial charge in [-0.2, -0.15) is 0 Å². The van der Waals surface area contributed by atoms with Gasteiger partial charge in [-0.1, -0.05) is 0 Å².